The third-order valence-electron chi connectivity index (χ3n) is 2.39. The van der Waals surface area contributed by atoms with E-state index in [0.717, 1.165) is 12.1 Å². The van der Waals surface area contributed by atoms with Crippen molar-refractivity contribution in [3.8, 4) is 5.75 Å². The molecule has 1 atom stereocenters. The van der Waals surface area contributed by atoms with Crippen LogP contribution in [0.5, 0.6) is 5.75 Å². The minimum atomic E-state index is -1.08. The summed E-state index contributed by atoms with van der Waals surface area (Å²) < 4.78 is 18.7. The normalized spacial score (nSPS) is 11.7. The lowest BCUT2D eigenvalue weighted by atomic mass is 10.2. The first-order valence-corrected chi connectivity index (χ1v) is 5.61. The molecule has 1 rings (SSSR count). The van der Waals surface area contributed by atoms with Crippen LogP contribution in [0.4, 0.5) is 10.1 Å². The summed E-state index contributed by atoms with van der Waals surface area (Å²) in [5.74, 6) is 2.86. The van der Waals surface area contributed by atoms with Crippen LogP contribution in [0.25, 0.3) is 0 Å². The molecule has 0 radical (unpaired) electrons. The fraction of sp³-hybridized carbons (Fsp3) is 0.364. The van der Waals surface area contributed by atoms with Crippen molar-refractivity contribution in [2.45, 2.75) is 25.9 Å². The zero-order valence-corrected chi connectivity index (χ0v) is 10.3. The highest BCUT2D eigenvalue weighted by molar-refractivity contribution is 5.80. The Kier molecular flexibility index (Phi) is 5.19. The number of halogens is 1. The van der Waals surface area contributed by atoms with Crippen LogP contribution in [-0.2, 0) is 4.79 Å². The molecule has 7 nitrogen and oxygen atoms in total. The van der Waals surface area contributed by atoms with Gasteiger partial charge in [0, 0.05) is 6.07 Å². The molecule has 104 valence electrons. The van der Waals surface area contributed by atoms with Crippen LogP contribution in [0, 0.1) is 15.9 Å². The van der Waals surface area contributed by atoms with Gasteiger partial charge in [0.25, 0.3) is 5.91 Å². The molecule has 1 unspecified atom stereocenters. The number of nitrogens with two attached hydrogens (primary N) is 1. The summed E-state index contributed by atoms with van der Waals surface area (Å²) in [4.78, 5) is 21.5. The Balaban J connectivity index is 3.08. The lowest BCUT2D eigenvalue weighted by Gasteiger charge is -2.17. The summed E-state index contributed by atoms with van der Waals surface area (Å²) in [5, 5.41) is 10.8. The molecule has 1 aromatic carbocycles. The molecule has 0 fully saturated rings. The van der Waals surface area contributed by atoms with Gasteiger partial charge in [0.05, 0.1) is 4.92 Å². The first kappa shape index (κ1) is 14.8. The molecule has 0 bridgehead atoms. The Morgan fingerprint density at radius 3 is 2.84 bits per heavy atom. The molecule has 1 aromatic rings. The Morgan fingerprint density at radius 1 is 1.63 bits per heavy atom. The second-order valence-corrected chi connectivity index (χ2v) is 3.75. The van der Waals surface area contributed by atoms with Gasteiger partial charge in [-0.1, -0.05) is 19.4 Å². The van der Waals surface area contributed by atoms with Gasteiger partial charge in [0.2, 0.25) is 5.75 Å². The van der Waals surface area contributed by atoms with Crippen molar-refractivity contribution in [1.29, 1.82) is 0 Å². The molecule has 0 aliphatic rings. The standard InChI is InChI=1S/C11H14FN3O4/c1-2-4-9(11(16)14-13)19-10-7(12)5-3-6-8(10)15(17)18/h3,5-6,9H,2,4,13H2,1H3,(H,14,16). The number of ether oxygens (including phenoxy) is 1. The number of nitrogens with one attached hydrogen (secondary N) is 1. The summed E-state index contributed by atoms with van der Waals surface area (Å²) in [5.41, 5.74) is 1.35. The van der Waals surface area contributed by atoms with Crippen LogP contribution in [0.1, 0.15) is 19.8 Å². The minimum absolute atomic E-state index is 0.258. The molecule has 0 saturated heterocycles. The third kappa shape index (κ3) is 3.62. The number of nitrogens with zero attached hydrogens (tertiary/aromatic N) is 1. The zero-order valence-electron chi connectivity index (χ0n) is 10.3. The number of rotatable bonds is 6. The maximum absolute atomic E-state index is 13.6. The Labute approximate surface area is 108 Å². The Morgan fingerprint density at radius 2 is 2.32 bits per heavy atom. The van der Waals surface area contributed by atoms with E-state index in [1.807, 2.05) is 5.43 Å². The van der Waals surface area contributed by atoms with Crippen molar-refractivity contribution >= 4 is 11.6 Å². The highest BCUT2D eigenvalue weighted by Gasteiger charge is 2.26. The highest BCUT2D eigenvalue weighted by Crippen LogP contribution is 2.31. The van der Waals surface area contributed by atoms with E-state index in [1.54, 1.807) is 6.92 Å². The monoisotopic (exact) mass is 271 g/mol. The predicted molar refractivity (Wildman–Crippen MR) is 64.7 cm³/mol. The van der Waals surface area contributed by atoms with Crippen molar-refractivity contribution < 1.29 is 18.8 Å². The van der Waals surface area contributed by atoms with E-state index in [4.69, 9.17) is 10.6 Å². The van der Waals surface area contributed by atoms with Crippen molar-refractivity contribution in [3.05, 3.63) is 34.1 Å². The summed E-state index contributed by atoms with van der Waals surface area (Å²) in [6, 6.07) is 3.31. The van der Waals surface area contributed by atoms with Gasteiger partial charge in [-0.05, 0) is 12.5 Å². The second kappa shape index (κ2) is 6.64. The number of para-hydroxylation sites is 1. The van der Waals surface area contributed by atoms with Gasteiger partial charge in [-0.15, -0.1) is 0 Å². The molecular weight excluding hydrogens is 257 g/mol. The van der Waals surface area contributed by atoms with Gasteiger partial charge in [-0.3, -0.25) is 20.3 Å². The fourth-order valence-corrected chi connectivity index (χ4v) is 1.50. The van der Waals surface area contributed by atoms with Crippen molar-refractivity contribution in [3.63, 3.8) is 0 Å². The van der Waals surface area contributed by atoms with Crippen molar-refractivity contribution in [1.82, 2.24) is 5.43 Å². The molecule has 1 amide bonds. The van der Waals surface area contributed by atoms with Crippen LogP contribution < -0.4 is 16.0 Å². The highest BCUT2D eigenvalue weighted by atomic mass is 19.1. The average Bonchev–Trinajstić information content (AvgIpc) is 2.38. The van der Waals surface area contributed by atoms with Gasteiger partial charge in [0.1, 0.15) is 0 Å². The molecule has 0 aliphatic heterocycles. The predicted octanol–water partition coefficient (Wildman–Crippen LogP) is 1.27. The Bertz CT molecular complexity index is 481. The van der Waals surface area contributed by atoms with E-state index in [9.17, 15) is 19.3 Å². The second-order valence-electron chi connectivity index (χ2n) is 3.75. The van der Waals surface area contributed by atoms with E-state index in [-0.39, 0.29) is 6.42 Å². The van der Waals surface area contributed by atoms with E-state index in [2.05, 4.69) is 0 Å². The SMILES string of the molecule is CCCC(Oc1c(F)cccc1[N+](=O)[O-])C(=O)NN. The van der Waals surface area contributed by atoms with E-state index in [0.29, 0.717) is 6.42 Å². The summed E-state index contributed by atoms with van der Waals surface area (Å²) in [6.45, 7) is 1.79. The Hall–Kier alpha value is -2.22. The molecule has 0 spiro atoms. The van der Waals surface area contributed by atoms with Crippen LogP contribution in [0.15, 0.2) is 18.2 Å². The number of carbonyl (C=O) groups excluding carboxylic acids is 1. The van der Waals surface area contributed by atoms with E-state index >= 15 is 0 Å². The molecule has 0 aliphatic carbocycles. The average molecular weight is 271 g/mol. The van der Waals surface area contributed by atoms with Crippen molar-refractivity contribution in [2.24, 2.45) is 5.84 Å². The lowest BCUT2D eigenvalue weighted by Crippen LogP contribution is -2.42. The van der Waals surface area contributed by atoms with Gasteiger partial charge in [-0.25, -0.2) is 10.2 Å². The first-order chi connectivity index (χ1) is 9.01. The molecule has 0 saturated carbocycles. The van der Waals surface area contributed by atoms with Crippen LogP contribution in [-0.4, -0.2) is 16.9 Å². The zero-order chi connectivity index (χ0) is 14.4. The summed E-state index contributed by atoms with van der Waals surface area (Å²) in [6.07, 6.45) is -0.250. The summed E-state index contributed by atoms with van der Waals surface area (Å²) in [7, 11) is 0. The number of carbonyl (C=O) groups is 1. The number of hydrazine groups is 1. The number of amides is 1. The number of nitro benzene ring substituents is 1. The van der Waals surface area contributed by atoms with E-state index in [1.165, 1.54) is 6.07 Å². The topological polar surface area (TPSA) is 107 Å². The molecule has 19 heavy (non-hydrogen) atoms. The lowest BCUT2D eigenvalue weighted by molar-refractivity contribution is -0.386. The molecule has 3 N–H and O–H groups in total. The third-order valence-corrected chi connectivity index (χ3v) is 2.39. The number of benzene rings is 1. The van der Waals surface area contributed by atoms with Crippen LogP contribution in [0.3, 0.4) is 0 Å². The maximum Gasteiger partial charge on any atom is 0.314 e. The summed E-state index contributed by atoms with van der Waals surface area (Å²) >= 11 is 0. The fourth-order valence-electron chi connectivity index (χ4n) is 1.50. The maximum atomic E-state index is 13.6. The van der Waals surface area contributed by atoms with Gasteiger partial charge in [-0.2, -0.15) is 0 Å². The molecule has 8 heteroatoms. The quantitative estimate of drug-likeness (QED) is 0.350. The molecule has 0 aromatic heterocycles. The van der Waals surface area contributed by atoms with Gasteiger partial charge >= 0.3 is 5.69 Å². The minimum Gasteiger partial charge on any atom is -0.471 e. The molecule has 0 heterocycles. The first-order valence-electron chi connectivity index (χ1n) is 5.61. The number of nitro groups is 1. The smallest absolute Gasteiger partial charge is 0.314 e. The van der Waals surface area contributed by atoms with E-state index < -0.39 is 34.2 Å². The van der Waals surface area contributed by atoms with Crippen molar-refractivity contribution in [2.75, 3.05) is 0 Å². The molecular formula is C11H14FN3O4. The van der Waals surface area contributed by atoms with Crippen LogP contribution in [0.2, 0.25) is 0 Å². The number of hydrogen-bond acceptors (Lipinski definition) is 5. The number of hydrogen-bond donors (Lipinski definition) is 2. The van der Waals surface area contributed by atoms with Gasteiger partial charge < -0.3 is 4.74 Å². The largest absolute Gasteiger partial charge is 0.471 e. The van der Waals surface area contributed by atoms with Gasteiger partial charge in [0.15, 0.2) is 11.9 Å². The van der Waals surface area contributed by atoms with Crippen LogP contribution >= 0.6 is 0 Å².